The van der Waals surface area contributed by atoms with Gasteiger partial charge in [0, 0.05) is 29.6 Å². The molecule has 1 aromatic carbocycles. The Hall–Kier alpha value is -1.26. The monoisotopic (exact) mass is 358 g/mol. The molecule has 2 amide bonds. The minimum Gasteiger partial charge on any atom is -0.354 e. The normalized spacial score (nSPS) is 11.9. The van der Waals surface area contributed by atoms with Crippen LogP contribution in [0.4, 0.5) is 0 Å². The van der Waals surface area contributed by atoms with Crippen molar-refractivity contribution in [3.8, 4) is 0 Å². The molecular formula is C17H24Cl2N2O2. The van der Waals surface area contributed by atoms with Crippen molar-refractivity contribution in [2.24, 2.45) is 0 Å². The Kier molecular flexibility index (Phi) is 8.42. The third-order valence-electron chi connectivity index (χ3n) is 3.59. The van der Waals surface area contributed by atoms with E-state index in [1.807, 2.05) is 13.8 Å². The Bertz CT molecular complexity index is 549. The number of carbonyl (C=O) groups is 2. The van der Waals surface area contributed by atoms with Crippen LogP contribution in [0.5, 0.6) is 0 Å². The minimum atomic E-state index is -0.499. The molecule has 0 heterocycles. The van der Waals surface area contributed by atoms with Gasteiger partial charge in [0.25, 0.3) is 0 Å². The van der Waals surface area contributed by atoms with Gasteiger partial charge in [0.2, 0.25) is 11.8 Å². The first kappa shape index (κ1) is 19.8. The van der Waals surface area contributed by atoms with Crippen LogP contribution >= 0.6 is 23.2 Å². The number of nitrogens with zero attached hydrogens (tertiary/aromatic N) is 1. The fourth-order valence-corrected chi connectivity index (χ4v) is 2.79. The zero-order valence-corrected chi connectivity index (χ0v) is 15.4. The Morgan fingerprint density at radius 1 is 1.22 bits per heavy atom. The van der Waals surface area contributed by atoms with Gasteiger partial charge in [-0.2, -0.15) is 0 Å². The van der Waals surface area contributed by atoms with Crippen LogP contribution in [0.1, 0.15) is 45.6 Å². The maximum absolute atomic E-state index is 12.4. The average Bonchev–Trinajstić information content (AvgIpc) is 2.53. The number of hydrogen-bond acceptors (Lipinski definition) is 2. The molecule has 6 heteroatoms. The van der Waals surface area contributed by atoms with Gasteiger partial charge in [0.1, 0.15) is 6.04 Å². The van der Waals surface area contributed by atoms with Crippen LogP contribution in [0, 0.1) is 0 Å². The lowest BCUT2D eigenvalue weighted by molar-refractivity contribution is -0.141. The quantitative estimate of drug-likeness (QED) is 0.762. The molecule has 1 N–H and O–H groups in total. The van der Waals surface area contributed by atoms with E-state index in [0.717, 1.165) is 12.0 Å². The SMILES string of the molecule is CCCNC(=O)C(CC)N(Cc1ccc(Cl)cc1Cl)C(=O)CC. The summed E-state index contributed by atoms with van der Waals surface area (Å²) in [5, 5.41) is 3.90. The molecule has 0 fully saturated rings. The molecule has 4 nitrogen and oxygen atoms in total. The molecule has 1 aromatic rings. The van der Waals surface area contributed by atoms with E-state index in [2.05, 4.69) is 5.32 Å². The number of halogens is 2. The van der Waals surface area contributed by atoms with Crippen molar-refractivity contribution in [1.29, 1.82) is 0 Å². The van der Waals surface area contributed by atoms with Crippen LogP contribution in [0.15, 0.2) is 18.2 Å². The summed E-state index contributed by atoms with van der Waals surface area (Å²) in [6, 6.07) is 4.67. The van der Waals surface area contributed by atoms with Crippen molar-refractivity contribution in [2.75, 3.05) is 6.54 Å². The van der Waals surface area contributed by atoms with Gasteiger partial charge in [-0.3, -0.25) is 9.59 Å². The minimum absolute atomic E-state index is 0.0745. The largest absolute Gasteiger partial charge is 0.354 e. The maximum Gasteiger partial charge on any atom is 0.242 e. The highest BCUT2D eigenvalue weighted by Crippen LogP contribution is 2.24. The highest BCUT2D eigenvalue weighted by atomic mass is 35.5. The van der Waals surface area contributed by atoms with Crippen LogP contribution in [0.25, 0.3) is 0 Å². The van der Waals surface area contributed by atoms with Gasteiger partial charge >= 0.3 is 0 Å². The lowest BCUT2D eigenvalue weighted by atomic mass is 10.1. The van der Waals surface area contributed by atoms with Gasteiger partial charge in [0.15, 0.2) is 0 Å². The summed E-state index contributed by atoms with van der Waals surface area (Å²) in [4.78, 5) is 26.3. The summed E-state index contributed by atoms with van der Waals surface area (Å²) in [5.41, 5.74) is 0.777. The Balaban J connectivity index is 3.02. The van der Waals surface area contributed by atoms with Crippen LogP contribution < -0.4 is 5.32 Å². The molecule has 128 valence electrons. The summed E-state index contributed by atoms with van der Waals surface area (Å²) in [6.07, 6.45) is 1.74. The number of amides is 2. The fourth-order valence-electron chi connectivity index (χ4n) is 2.32. The van der Waals surface area contributed by atoms with Crippen LogP contribution in [-0.2, 0) is 16.1 Å². The zero-order chi connectivity index (χ0) is 17.4. The third kappa shape index (κ3) is 5.70. The highest BCUT2D eigenvalue weighted by molar-refractivity contribution is 6.35. The van der Waals surface area contributed by atoms with Gasteiger partial charge in [-0.1, -0.05) is 50.0 Å². The summed E-state index contributed by atoms with van der Waals surface area (Å²) in [5.74, 6) is -0.198. The van der Waals surface area contributed by atoms with Crippen molar-refractivity contribution in [3.63, 3.8) is 0 Å². The van der Waals surface area contributed by atoms with Gasteiger partial charge in [-0.05, 0) is 30.5 Å². The predicted octanol–water partition coefficient (Wildman–Crippen LogP) is 4.04. The first-order chi connectivity index (χ1) is 10.9. The Morgan fingerprint density at radius 3 is 2.43 bits per heavy atom. The number of rotatable bonds is 8. The molecule has 1 unspecified atom stereocenters. The van der Waals surface area contributed by atoms with Gasteiger partial charge in [-0.25, -0.2) is 0 Å². The Labute approximate surface area is 148 Å². The van der Waals surface area contributed by atoms with Crippen LogP contribution in [0.2, 0.25) is 10.0 Å². The smallest absolute Gasteiger partial charge is 0.242 e. The van der Waals surface area contributed by atoms with Gasteiger partial charge in [0.05, 0.1) is 0 Å². The lowest BCUT2D eigenvalue weighted by Gasteiger charge is -2.30. The summed E-state index contributed by atoms with van der Waals surface area (Å²) in [6.45, 7) is 6.57. The van der Waals surface area contributed by atoms with E-state index in [1.165, 1.54) is 0 Å². The van der Waals surface area contributed by atoms with Crippen molar-refractivity contribution in [3.05, 3.63) is 33.8 Å². The molecule has 0 saturated carbocycles. The van der Waals surface area contributed by atoms with Crippen molar-refractivity contribution >= 4 is 35.0 Å². The lowest BCUT2D eigenvalue weighted by Crippen LogP contribution is -2.49. The molecule has 0 aliphatic carbocycles. The molecule has 0 radical (unpaired) electrons. The molecule has 0 saturated heterocycles. The molecule has 0 spiro atoms. The van der Waals surface area contributed by atoms with E-state index in [4.69, 9.17) is 23.2 Å². The summed E-state index contributed by atoms with van der Waals surface area (Å²) < 4.78 is 0. The number of hydrogen-bond donors (Lipinski definition) is 1. The summed E-state index contributed by atoms with van der Waals surface area (Å²) >= 11 is 12.1. The topological polar surface area (TPSA) is 49.4 Å². The van der Waals surface area contributed by atoms with E-state index >= 15 is 0 Å². The van der Waals surface area contributed by atoms with Crippen molar-refractivity contribution < 1.29 is 9.59 Å². The van der Waals surface area contributed by atoms with E-state index in [9.17, 15) is 9.59 Å². The zero-order valence-electron chi connectivity index (χ0n) is 13.9. The van der Waals surface area contributed by atoms with Crippen LogP contribution in [0.3, 0.4) is 0 Å². The highest BCUT2D eigenvalue weighted by Gasteiger charge is 2.27. The first-order valence-corrected chi connectivity index (χ1v) is 8.71. The van der Waals surface area contributed by atoms with Crippen molar-refractivity contribution in [2.45, 2.75) is 52.6 Å². The molecule has 0 aromatic heterocycles. The van der Waals surface area contributed by atoms with Crippen molar-refractivity contribution in [1.82, 2.24) is 10.2 Å². The second kappa shape index (κ2) is 9.78. The number of benzene rings is 1. The Morgan fingerprint density at radius 2 is 1.91 bits per heavy atom. The van der Waals surface area contributed by atoms with E-state index < -0.39 is 6.04 Å². The number of carbonyl (C=O) groups excluding carboxylic acids is 2. The fraction of sp³-hybridized carbons (Fsp3) is 0.529. The van der Waals surface area contributed by atoms with E-state index in [0.29, 0.717) is 36.0 Å². The molecule has 1 rings (SSSR count). The number of nitrogens with one attached hydrogen (secondary N) is 1. The standard InChI is InChI=1S/C17H24Cl2N2O2/c1-4-9-20-17(23)15(5-2)21(16(22)6-3)11-12-7-8-13(18)10-14(12)19/h7-8,10,15H,4-6,9,11H2,1-3H3,(H,20,23). The molecule has 0 aliphatic rings. The molecular weight excluding hydrogens is 335 g/mol. The molecule has 0 bridgehead atoms. The predicted molar refractivity (Wildman–Crippen MR) is 94.7 cm³/mol. The maximum atomic E-state index is 12.4. The second-order valence-electron chi connectivity index (χ2n) is 5.33. The second-order valence-corrected chi connectivity index (χ2v) is 6.17. The van der Waals surface area contributed by atoms with Crippen LogP contribution in [-0.4, -0.2) is 29.3 Å². The van der Waals surface area contributed by atoms with E-state index in [1.54, 1.807) is 30.0 Å². The molecule has 1 atom stereocenters. The third-order valence-corrected chi connectivity index (χ3v) is 4.18. The van der Waals surface area contributed by atoms with E-state index in [-0.39, 0.29) is 11.8 Å². The summed E-state index contributed by atoms with van der Waals surface area (Å²) in [7, 11) is 0. The average molecular weight is 359 g/mol. The first-order valence-electron chi connectivity index (χ1n) is 7.95. The van der Waals surface area contributed by atoms with Gasteiger partial charge < -0.3 is 10.2 Å². The molecule has 0 aliphatic heterocycles. The molecule has 23 heavy (non-hydrogen) atoms. The van der Waals surface area contributed by atoms with Gasteiger partial charge in [-0.15, -0.1) is 0 Å².